The van der Waals surface area contributed by atoms with Crippen LogP contribution >= 0.6 is 11.3 Å². The molecule has 0 aliphatic rings. The highest BCUT2D eigenvalue weighted by Gasteiger charge is 2.22. The Labute approximate surface area is 88.1 Å². The molecule has 0 saturated carbocycles. The summed E-state index contributed by atoms with van der Waals surface area (Å²) in [5.41, 5.74) is 0. The lowest BCUT2D eigenvalue weighted by molar-refractivity contribution is -0.0256. The summed E-state index contributed by atoms with van der Waals surface area (Å²) in [6, 6.07) is 3.43. The number of rotatable bonds is 4. The molecule has 6 heteroatoms. The summed E-state index contributed by atoms with van der Waals surface area (Å²) in [5, 5.41) is 0. The van der Waals surface area contributed by atoms with Gasteiger partial charge in [-0.3, -0.25) is 4.84 Å². The first kappa shape index (κ1) is 11.6. The van der Waals surface area contributed by atoms with E-state index in [2.05, 4.69) is 4.84 Å². The van der Waals surface area contributed by atoms with Crippen LogP contribution in [0.1, 0.15) is 11.8 Å². The van der Waals surface area contributed by atoms with Crippen molar-refractivity contribution in [3.05, 3.63) is 17.0 Å². The number of aryl methyl sites for hydroxylation is 1. The van der Waals surface area contributed by atoms with Crippen LogP contribution in [0.4, 0.5) is 0 Å². The molecule has 0 unspecified atom stereocenters. The minimum Gasteiger partial charge on any atom is -0.288 e. The number of sulfonamides is 1. The quantitative estimate of drug-likeness (QED) is 0.743. The Morgan fingerprint density at radius 3 is 2.57 bits per heavy atom. The van der Waals surface area contributed by atoms with Gasteiger partial charge in [-0.25, -0.2) is 8.42 Å². The maximum absolute atomic E-state index is 11.7. The van der Waals surface area contributed by atoms with Gasteiger partial charge in [0.1, 0.15) is 4.21 Å². The van der Waals surface area contributed by atoms with E-state index >= 15 is 0 Å². The van der Waals surface area contributed by atoms with E-state index < -0.39 is 10.0 Å². The molecule has 0 aliphatic carbocycles. The highest BCUT2D eigenvalue weighted by Crippen LogP contribution is 2.24. The van der Waals surface area contributed by atoms with Gasteiger partial charge in [-0.05, 0) is 18.6 Å². The first-order valence-corrected chi connectivity index (χ1v) is 6.39. The second-order valence-corrected chi connectivity index (χ2v) is 6.00. The molecule has 0 aromatic carbocycles. The van der Waals surface area contributed by atoms with E-state index in [1.54, 1.807) is 6.07 Å². The number of hydrogen-bond donors (Lipinski definition) is 0. The highest BCUT2D eigenvalue weighted by molar-refractivity contribution is 7.91. The van der Waals surface area contributed by atoms with Crippen molar-refractivity contribution in [2.75, 3.05) is 14.2 Å². The topological polar surface area (TPSA) is 46.6 Å². The Balaban J connectivity index is 3.04. The maximum Gasteiger partial charge on any atom is 0.274 e. The molecule has 0 spiro atoms. The van der Waals surface area contributed by atoms with Crippen molar-refractivity contribution in [2.24, 2.45) is 0 Å². The summed E-state index contributed by atoms with van der Waals surface area (Å²) in [4.78, 5) is 5.71. The van der Waals surface area contributed by atoms with E-state index in [9.17, 15) is 8.42 Å². The third-order valence-corrected chi connectivity index (χ3v) is 5.21. The van der Waals surface area contributed by atoms with Crippen molar-refractivity contribution in [1.82, 2.24) is 4.47 Å². The Bertz CT molecular complexity index is 396. The van der Waals surface area contributed by atoms with Crippen LogP contribution in [-0.2, 0) is 21.3 Å². The van der Waals surface area contributed by atoms with Crippen LogP contribution in [0, 0.1) is 0 Å². The fourth-order valence-electron chi connectivity index (χ4n) is 0.912. The fourth-order valence-corrected chi connectivity index (χ4v) is 3.33. The average Bonchev–Trinajstić information content (AvgIpc) is 2.65. The molecule has 80 valence electrons. The van der Waals surface area contributed by atoms with Crippen molar-refractivity contribution < 1.29 is 13.3 Å². The maximum atomic E-state index is 11.7. The minimum absolute atomic E-state index is 0.318. The SMILES string of the molecule is CCc1ccc(S(=O)(=O)N(C)OC)s1. The van der Waals surface area contributed by atoms with Crippen molar-refractivity contribution in [3.8, 4) is 0 Å². The van der Waals surface area contributed by atoms with Gasteiger partial charge in [-0.2, -0.15) is 0 Å². The minimum atomic E-state index is -3.45. The van der Waals surface area contributed by atoms with Crippen molar-refractivity contribution in [2.45, 2.75) is 17.6 Å². The average molecular weight is 235 g/mol. The van der Waals surface area contributed by atoms with Crippen LogP contribution in [0.2, 0.25) is 0 Å². The Kier molecular flexibility index (Phi) is 3.65. The second-order valence-electron chi connectivity index (χ2n) is 2.67. The standard InChI is InChI=1S/C8H13NO3S2/c1-4-7-5-6-8(13-7)14(10,11)9(2)12-3/h5-6H,4H2,1-3H3. The Hall–Kier alpha value is -0.430. The first-order chi connectivity index (χ1) is 6.52. The van der Waals surface area contributed by atoms with Gasteiger partial charge in [0.05, 0.1) is 7.11 Å². The molecule has 14 heavy (non-hydrogen) atoms. The molecule has 0 aliphatic heterocycles. The molecule has 1 heterocycles. The van der Waals surface area contributed by atoms with E-state index in [1.165, 1.54) is 25.5 Å². The second kappa shape index (κ2) is 4.39. The van der Waals surface area contributed by atoms with Gasteiger partial charge >= 0.3 is 0 Å². The predicted octanol–water partition coefficient (Wildman–Crippen LogP) is 1.49. The third kappa shape index (κ3) is 2.14. The Morgan fingerprint density at radius 2 is 2.14 bits per heavy atom. The molecule has 0 saturated heterocycles. The molecule has 0 N–H and O–H groups in total. The van der Waals surface area contributed by atoms with Crippen LogP contribution < -0.4 is 0 Å². The summed E-state index contributed by atoms with van der Waals surface area (Å²) in [6.07, 6.45) is 0.844. The number of nitrogens with zero attached hydrogens (tertiary/aromatic N) is 1. The zero-order valence-electron chi connectivity index (χ0n) is 8.35. The number of hydrogen-bond acceptors (Lipinski definition) is 4. The molecule has 4 nitrogen and oxygen atoms in total. The molecule has 0 amide bonds. The van der Waals surface area contributed by atoms with Crippen LogP contribution in [-0.4, -0.2) is 27.0 Å². The van der Waals surface area contributed by atoms with Gasteiger partial charge in [0, 0.05) is 11.9 Å². The molecular weight excluding hydrogens is 222 g/mol. The highest BCUT2D eigenvalue weighted by atomic mass is 32.2. The van der Waals surface area contributed by atoms with Crippen molar-refractivity contribution >= 4 is 21.4 Å². The van der Waals surface area contributed by atoms with Gasteiger partial charge in [0.25, 0.3) is 10.0 Å². The lowest BCUT2D eigenvalue weighted by atomic mass is 10.4. The lowest BCUT2D eigenvalue weighted by Gasteiger charge is -2.11. The van der Waals surface area contributed by atoms with Crippen LogP contribution in [0.3, 0.4) is 0 Å². The van der Waals surface area contributed by atoms with E-state index in [4.69, 9.17) is 0 Å². The van der Waals surface area contributed by atoms with Crippen LogP contribution in [0.25, 0.3) is 0 Å². The monoisotopic (exact) mass is 235 g/mol. The summed E-state index contributed by atoms with van der Waals surface area (Å²) < 4.78 is 24.6. The first-order valence-electron chi connectivity index (χ1n) is 4.14. The molecule has 0 radical (unpaired) electrons. The zero-order valence-corrected chi connectivity index (χ0v) is 9.98. The summed E-state index contributed by atoms with van der Waals surface area (Å²) in [5.74, 6) is 0. The predicted molar refractivity (Wildman–Crippen MR) is 55.7 cm³/mol. The summed E-state index contributed by atoms with van der Waals surface area (Å²) in [6.45, 7) is 1.99. The number of hydroxylamine groups is 1. The summed E-state index contributed by atoms with van der Waals surface area (Å²) >= 11 is 1.27. The van der Waals surface area contributed by atoms with E-state index in [0.29, 0.717) is 4.21 Å². The van der Waals surface area contributed by atoms with Crippen LogP contribution in [0.15, 0.2) is 16.3 Å². The van der Waals surface area contributed by atoms with Gasteiger partial charge in [-0.1, -0.05) is 11.4 Å². The van der Waals surface area contributed by atoms with E-state index in [-0.39, 0.29) is 0 Å². The lowest BCUT2D eigenvalue weighted by Crippen LogP contribution is -2.24. The third-order valence-electron chi connectivity index (χ3n) is 1.84. The summed E-state index contributed by atoms with van der Waals surface area (Å²) in [7, 11) is -0.748. The van der Waals surface area contributed by atoms with Gasteiger partial charge in [-0.15, -0.1) is 11.3 Å². The largest absolute Gasteiger partial charge is 0.288 e. The molecule has 1 rings (SSSR count). The smallest absolute Gasteiger partial charge is 0.274 e. The molecule has 1 aromatic rings. The molecule has 0 fully saturated rings. The molecular formula is C8H13NO3S2. The van der Waals surface area contributed by atoms with Gasteiger partial charge < -0.3 is 0 Å². The Morgan fingerprint density at radius 1 is 1.50 bits per heavy atom. The zero-order chi connectivity index (χ0) is 10.8. The number of thiophene rings is 1. The van der Waals surface area contributed by atoms with Crippen molar-refractivity contribution in [3.63, 3.8) is 0 Å². The molecule has 0 atom stereocenters. The van der Waals surface area contributed by atoms with Crippen molar-refractivity contribution in [1.29, 1.82) is 0 Å². The van der Waals surface area contributed by atoms with E-state index in [1.807, 2.05) is 13.0 Å². The molecule has 0 bridgehead atoms. The molecule has 1 aromatic heterocycles. The van der Waals surface area contributed by atoms with Crippen LogP contribution in [0.5, 0.6) is 0 Å². The van der Waals surface area contributed by atoms with E-state index in [0.717, 1.165) is 15.8 Å². The van der Waals surface area contributed by atoms with Gasteiger partial charge in [0.15, 0.2) is 0 Å². The normalized spacial score (nSPS) is 12.3. The fraction of sp³-hybridized carbons (Fsp3) is 0.500. The van der Waals surface area contributed by atoms with Gasteiger partial charge in [0.2, 0.25) is 0 Å².